The van der Waals surface area contributed by atoms with Crippen molar-refractivity contribution in [1.29, 1.82) is 0 Å². The van der Waals surface area contributed by atoms with Gasteiger partial charge in [-0.15, -0.1) is 0 Å². The van der Waals surface area contributed by atoms with E-state index >= 15 is 0 Å². The minimum Gasteiger partial charge on any atom is -0.493 e. The SMILES string of the molecule is CCN1C(=O)S/C(=C\c2ccc(OCC(=O)Nc3ccccc3C)c(OC)c2)C1=O. The highest BCUT2D eigenvalue weighted by Crippen LogP contribution is 2.34. The Morgan fingerprint density at radius 2 is 1.93 bits per heavy atom. The molecule has 156 valence electrons. The van der Waals surface area contributed by atoms with Gasteiger partial charge in [0.1, 0.15) is 0 Å². The molecule has 1 aliphatic rings. The second-order valence-electron chi connectivity index (χ2n) is 6.49. The monoisotopic (exact) mass is 426 g/mol. The summed E-state index contributed by atoms with van der Waals surface area (Å²) < 4.78 is 11.0. The number of amides is 3. The number of anilines is 1. The van der Waals surface area contributed by atoms with E-state index in [2.05, 4.69) is 5.32 Å². The van der Waals surface area contributed by atoms with Gasteiger partial charge < -0.3 is 14.8 Å². The Morgan fingerprint density at radius 3 is 2.60 bits per heavy atom. The van der Waals surface area contributed by atoms with Gasteiger partial charge in [-0.25, -0.2) is 0 Å². The zero-order valence-electron chi connectivity index (χ0n) is 16.9. The molecule has 2 aromatic carbocycles. The molecule has 1 N–H and O–H groups in total. The number of imide groups is 1. The number of aryl methyl sites for hydroxylation is 1. The molecule has 0 bridgehead atoms. The number of para-hydroxylation sites is 1. The van der Waals surface area contributed by atoms with Gasteiger partial charge in [0.15, 0.2) is 18.1 Å². The fraction of sp³-hybridized carbons (Fsp3) is 0.227. The molecule has 1 fully saturated rings. The summed E-state index contributed by atoms with van der Waals surface area (Å²) in [6, 6.07) is 12.6. The van der Waals surface area contributed by atoms with E-state index in [-0.39, 0.29) is 23.7 Å². The smallest absolute Gasteiger partial charge is 0.293 e. The molecular weight excluding hydrogens is 404 g/mol. The summed E-state index contributed by atoms with van der Waals surface area (Å²) in [5.74, 6) is 0.224. The van der Waals surface area contributed by atoms with Gasteiger partial charge >= 0.3 is 0 Å². The maximum Gasteiger partial charge on any atom is 0.293 e. The Bertz CT molecular complexity index is 1020. The van der Waals surface area contributed by atoms with Gasteiger partial charge in [-0.1, -0.05) is 24.3 Å². The zero-order chi connectivity index (χ0) is 21.7. The number of benzene rings is 2. The third-order valence-electron chi connectivity index (χ3n) is 4.45. The molecule has 0 radical (unpaired) electrons. The van der Waals surface area contributed by atoms with Crippen LogP contribution >= 0.6 is 11.8 Å². The van der Waals surface area contributed by atoms with E-state index in [9.17, 15) is 14.4 Å². The predicted molar refractivity (Wildman–Crippen MR) is 117 cm³/mol. The van der Waals surface area contributed by atoms with Crippen LogP contribution in [0.5, 0.6) is 11.5 Å². The van der Waals surface area contributed by atoms with Crippen molar-refractivity contribution in [1.82, 2.24) is 4.90 Å². The van der Waals surface area contributed by atoms with Crippen LogP contribution in [-0.4, -0.2) is 42.2 Å². The average molecular weight is 426 g/mol. The summed E-state index contributed by atoms with van der Waals surface area (Å²) in [7, 11) is 1.49. The summed E-state index contributed by atoms with van der Waals surface area (Å²) >= 11 is 0.909. The van der Waals surface area contributed by atoms with Crippen LogP contribution in [0.3, 0.4) is 0 Å². The van der Waals surface area contributed by atoms with E-state index in [4.69, 9.17) is 9.47 Å². The predicted octanol–water partition coefficient (Wildman–Crippen LogP) is 4.08. The minimum atomic E-state index is -0.306. The van der Waals surface area contributed by atoms with Crippen molar-refractivity contribution in [2.24, 2.45) is 0 Å². The summed E-state index contributed by atoms with van der Waals surface area (Å²) in [4.78, 5) is 37.8. The number of hydrogen-bond donors (Lipinski definition) is 1. The number of nitrogens with zero attached hydrogens (tertiary/aromatic N) is 1. The standard InChI is InChI=1S/C22H22N2O5S/c1-4-24-21(26)19(30-22(24)27)12-15-9-10-17(18(11-15)28-3)29-13-20(25)23-16-8-6-5-7-14(16)2/h5-12H,4,13H2,1-3H3,(H,23,25)/b19-12-. The van der Waals surface area contributed by atoms with Crippen molar-refractivity contribution < 1.29 is 23.9 Å². The molecule has 30 heavy (non-hydrogen) atoms. The summed E-state index contributed by atoms with van der Waals surface area (Å²) in [6.45, 7) is 3.82. The van der Waals surface area contributed by atoms with Gasteiger partial charge in [0.2, 0.25) is 0 Å². The number of nitrogens with one attached hydrogen (secondary N) is 1. The van der Waals surface area contributed by atoms with E-state index in [1.807, 2.05) is 31.2 Å². The van der Waals surface area contributed by atoms with Crippen LogP contribution in [0.25, 0.3) is 6.08 Å². The Hall–Kier alpha value is -3.26. The van der Waals surface area contributed by atoms with Crippen molar-refractivity contribution in [2.45, 2.75) is 13.8 Å². The quantitative estimate of drug-likeness (QED) is 0.672. The lowest BCUT2D eigenvalue weighted by atomic mass is 10.2. The van der Waals surface area contributed by atoms with Crippen LogP contribution in [0.1, 0.15) is 18.1 Å². The van der Waals surface area contributed by atoms with E-state index in [1.165, 1.54) is 12.0 Å². The number of methoxy groups -OCH3 is 1. The molecule has 3 amide bonds. The lowest BCUT2D eigenvalue weighted by molar-refractivity contribution is -0.122. The first-order chi connectivity index (χ1) is 14.4. The van der Waals surface area contributed by atoms with Crippen molar-refractivity contribution in [3.8, 4) is 11.5 Å². The topological polar surface area (TPSA) is 84.9 Å². The fourth-order valence-corrected chi connectivity index (χ4v) is 3.76. The molecule has 7 nitrogen and oxygen atoms in total. The molecule has 0 atom stereocenters. The van der Waals surface area contributed by atoms with Crippen LogP contribution in [-0.2, 0) is 9.59 Å². The molecule has 1 aliphatic heterocycles. The molecule has 0 spiro atoms. The van der Waals surface area contributed by atoms with Crippen molar-refractivity contribution in [3.05, 3.63) is 58.5 Å². The largest absolute Gasteiger partial charge is 0.493 e. The summed E-state index contributed by atoms with van der Waals surface area (Å²) in [6.07, 6.45) is 1.64. The van der Waals surface area contributed by atoms with Gasteiger partial charge in [0, 0.05) is 12.2 Å². The molecule has 8 heteroatoms. The molecule has 0 aromatic heterocycles. The van der Waals surface area contributed by atoms with Gasteiger partial charge in [0.05, 0.1) is 12.0 Å². The highest BCUT2D eigenvalue weighted by Gasteiger charge is 2.33. The van der Waals surface area contributed by atoms with Gasteiger partial charge in [-0.2, -0.15) is 0 Å². The Balaban J connectivity index is 1.68. The normalized spacial score (nSPS) is 14.9. The first-order valence-electron chi connectivity index (χ1n) is 9.34. The molecule has 0 unspecified atom stereocenters. The Morgan fingerprint density at radius 1 is 1.17 bits per heavy atom. The molecule has 1 heterocycles. The second kappa shape index (κ2) is 9.49. The fourth-order valence-electron chi connectivity index (χ4n) is 2.86. The average Bonchev–Trinajstić information content (AvgIpc) is 3.00. The molecular formula is C22H22N2O5S. The van der Waals surface area contributed by atoms with Gasteiger partial charge in [-0.05, 0) is 61.0 Å². The first-order valence-corrected chi connectivity index (χ1v) is 10.2. The lowest BCUT2D eigenvalue weighted by Gasteiger charge is -2.12. The van der Waals surface area contributed by atoms with Crippen molar-refractivity contribution >= 4 is 40.6 Å². The number of likely N-dealkylation sites (N-methyl/N-ethyl adjacent to an activating group) is 1. The summed E-state index contributed by atoms with van der Waals surface area (Å²) in [5.41, 5.74) is 2.37. The van der Waals surface area contributed by atoms with E-state index in [1.54, 1.807) is 31.2 Å². The van der Waals surface area contributed by atoms with E-state index < -0.39 is 0 Å². The number of rotatable bonds is 7. The van der Waals surface area contributed by atoms with Gasteiger partial charge in [-0.3, -0.25) is 19.3 Å². The molecule has 1 saturated heterocycles. The Kier molecular flexibility index (Phi) is 6.79. The van der Waals surface area contributed by atoms with Crippen LogP contribution < -0.4 is 14.8 Å². The highest BCUT2D eigenvalue weighted by molar-refractivity contribution is 8.18. The van der Waals surface area contributed by atoms with Crippen LogP contribution in [0, 0.1) is 6.92 Å². The number of hydrogen-bond acceptors (Lipinski definition) is 6. The van der Waals surface area contributed by atoms with Crippen molar-refractivity contribution in [2.75, 3.05) is 25.6 Å². The third kappa shape index (κ3) is 4.83. The molecule has 0 saturated carbocycles. The third-order valence-corrected chi connectivity index (χ3v) is 5.36. The Labute approximate surface area is 179 Å². The number of ether oxygens (including phenoxy) is 2. The van der Waals surface area contributed by atoms with E-state index in [0.717, 1.165) is 23.0 Å². The maximum absolute atomic E-state index is 12.2. The van der Waals surface area contributed by atoms with E-state index in [0.29, 0.717) is 28.5 Å². The molecule has 3 rings (SSSR count). The number of thioether (sulfide) groups is 1. The lowest BCUT2D eigenvalue weighted by Crippen LogP contribution is -2.27. The molecule has 2 aromatic rings. The zero-order valence-corrected chi connectivity index (χ0v) is 17.7. The number of carbonyl (C=O) groups excluding carboxylic acids is 3. The second-order valence-corrected chi connectivity index (χ2v) is 7.48. The van der Waals surface area contributed by atoms with Crippen LogP contribution in [0.2, 0.25) is 0 Å². The van der Waals surface area contributed by atoms with Crippen LogP contribution in [0.15, 0.2) is 47.4 Å². The van der Waals surface area contributed by atoms with Gasteiger partial charge in [0.25, 0.3) is 17.1 Å². The highest BCUT2D eigenvalue weighted by atomic mass is 32.2. The summed E-state index contributed by atoms with van der Waals surface area (Å²) in [5, 5.41) is 2.53. The molecule has 0 aliphatic carbocycles. The minimum absolute atomic E-state index is 0.181. The number of carbonyl (C=O) groups is 3. The van der Waals surface area contributed by atoms with Crippen molar-refractivity contribution in [3.63, 3.8) is 0 Å². The van der Waals surface area contributed by atoms with Crippen LogP contribution in [0.4, 0.5) is 10.5 Å². The maximum atomic E-state index is 12.2. The first kappa shape index (κ1) is 21.4.